The topological polar surface area (TPSA) is 29.5 Å². The normalized spacial score (nSPS) is 18.5. The van der Waals surface area contributed by atoms with E-state index in [0.29, 0.717) is 18.2 Å². The molecule has 0 saturated carbocycles. The van der Waals surface area contributed by atoms with E-state index in [4.69, 9.17) is 4.74 Å². The molecule has 0 bridgehead atoms. The van der Waals surface area contributed by atoms with Crippen molar-refractivity contribution < 1.29 is 23.4 Å². The maximum atomic E-state index is 11.8. The second kappa shape index (κ2) is 10.6. The largest absolute Gasteiger partial charge is 1.00 e. The van der Waals surface area contributed by atoms with Gasteiger partial charge in [-0.25, -0.2) is 4.79 Å². The van der Waals surface area contributed by atoms with Gasteiger partial charge in [-0.3, -0.25) is 0 Å². The second-order valence-electron chi connectivity index (χ2n) is 5.83. The summed E-state index contributed by atoms with van der Waals surface area (Å²) < 4.78 is 5.36. The number of rotatable bonds is 7. The summed E-state index contributed by atoms with van der Waals surface area (Å²) in [7, 11) is 0. The van der Waals surface area contributed by atoms with Crippen molar-refractivity contribution in [3.8, 4) is 0 Å². The maximum absolute atomic E-state index is 11.8. The number of nitrogens with zero attached hydrogens (tertiary/aromatic N) is 1. The summed E-state index contributed by atoms with van der Waals surface area (Å²) in [6, 6.07) is 9.91. The highest BCUT2D eigenvalue weighted by Gasteiger charge is 2.21. The molecule has 1 aliphatic heterocycles. The van der Waals surface area contributed by atoms with Crippen LogP contribution in [-0.4, -0.2) is 36.6 Å². The van der Waals surface area contributed by atoms with Crippen LogP contribution < -0.4 is 12.4 Å². The lowest BCUT2D eigenvalue weighted by molar-refractivity contribution is -0.0000227. The summed E-state index contributed by atoms with van der Waals surface area (Å²) >= 11 is 0. The van der Waals surface area contributed by atoms with Gasteiger partial charge in [0.2, 0.25) is 0 Å². The predicted octanol–water partition coefficient (Wildman–Crippen LogP) is 1.00. The lowest BCUT2D eigenvalue weighted by Crippen LogP contribution is -3.00. The molecule has 3 nitrogen and oxygen atoms in total. The third kappa shape index (κ3) is 5.98. The number of likely N-dealkylation sites (tertiary alicyclic amines) is 1. The van der Waals surface area contributed by atoms with Gasteiger partial charge in [0, 0.05) is 6.04 Å². The molecule has 0 aliphatic carbocycles. The number of carbonyl (C=O) groups is 1. The summed E-state index contributed by atoms with van der Waals surface area (Å²) in [5, 5.41) is 0. The third-order valence-electron chi connectivity index (χ3n) is 4.18. The van der Waals surface area contributed by atoms with Gasteiger partial charge in [-0.1, -0.05) is 31.5 Å². The molecule has 2 rings (SSSR count). The molecule has 1 atom stereocenters. The fourth-order valence-electron chi connectivity index (χ4n) is 3.11. The minimum absolute atomic E-state index is 0. The van der Waals surface area contributed by atoms with Gasteiger partial charge >= 0.3 is 7.40 Å². The lowest BCUT2D eigenvalue weighted by Gasteiger charge is -2.35. The number of halogens is 1. The number of ether oxygens (including phenoxy) is 1. The van der Waals surface area contributed by atoms with Crippen LogP contribution in [0.3, 0.4) is 0 Å². The minimum atomic E-state index is -0.204. The molecular formula is C18H28ClNO2. The summed E-state index contributed by atoms with van der Waals surface area (Å²) in [6.45, 7) is 5.22. The van der Waals surface area contributed by atoms with Crippen molar-refractivity contribution in [1.82, 2.24) is 4.90 Å². The Bertz CT molecular complexity index is 428. The van der Waals surface area contributed by atoms with Crippen LogP contribution in [0.5, 0.6) is 0 Å². The van der Waals surface area contributed by atoms with Gasteiger partial charge in [0.05, 0.1) is 12.2 Å². The zero-order valence-electron chi connectivity index (χ0n) is 14.5. The lowest BCUT2D eigenvalue weighted by atomic mass is 9.98. The van der Waals surface area contributed by atoms with Gasteiger partial charge < -0.3 is 22.0 Å². The molecule has 1 heterocycles. The van der Waals surface area contributed by atoms with E-state index in [1.54, 1.807) is 12.1 Å². The van der Waals surface area contributed by atoms with E-state index in [1.165, 1.54) is 38.8 Å². The van der Waals surface area contributed by atoms with Crippen LogP contribution in [0.2, 0.25) is 0 Å². The monoisotopic (exact) mass is 325 g/mol. The van der Waals surface area contributed by atoms with Gasteiger partial charge in [0.15, 0.2) is 0 Å². The average Bonchev–Trinajstić information content (AvgIpc) is 2.54. The Morgan fingerprint density at radius 1 is 1.32 bits per heavy atom. The van der Waals surface area contributed by atoms with E-state index in [2.05, 4.69) is 11.8 Å². The molecule has 1 aromatic carbocycles. The van der Waals surface area contributed by atoms with Crippen LogP contribution in [0.15, 0.2) is 30.3 Å². The maximum Gasteiger partial charge on any atom is 1.00 e. The SMILES string of the molecule is CCCN1CCCCC1CCCOC(=O)c1ccccc1.[Cl-].[H+]. The molecule has 1 fully saturated rings. The molecule has 1 aromatic rings. The van der Waals surface area contributed by atoms with Gasteiger partial charge in [-0.2, -0.15) is 0 Å². The highest BCUT2D eigenvalue weighted by Crippen LogP contribution is 2.21. The Hall–Kier alpha value is -1.06. The van der Waals surface area contributed by atoms with Crippen molar-refractivity contribution in [2.75, 3.05) is 19.7 Å². The first-order valence-corrected chi connectivity index (χ1v) is 8.27. The summed E-state index contributed by atoms with van der Waals surface area (Å²) in [5.74, 6) is -0.204. The Labute approximate surface area is 141 Å². The first-order chi connectivity index (χ1) is 10.3. The predicted molar refractivity (Wildman–Crippen MR) is 86.6 cm³/mol. The van der Waals surface area contributed by atoms with Crippen molar-refractivity contribution in [1.29, 1.82) is 0 Å². The molecular weight excluding hydrogens is 298 g/mol. The Balaban J connectivity index is 0.00000242. The van der Waals surface area contributed by atoms with Gasteiger partial charge in [0.1, 0.15) is 0 Å². The highest BCUT2D eigenvalue weighted by atomic mass is 35.5. The molecule has 22 heavy (non-hydrogen) atoms. The number of hydrogen-bond acceptors (Lipinski definition) is 3. The van der Waals surface area contributed by atoms with E-state index in [-0.39, 0.29) is 19.8 Å². The van der Waals surface area contributed by atoms with Crippen LogP contribution in [-0.2, 0) is 4.74 Å². The first-order valence-electron chi connectivity index (χ1n) is 8.27. The van der Waals surface area contributed by atoms with Gasteiger partial charge in [0.25, 0.3) is 0 Å². The zero-order chi connectivity index (χ0) is 14.9. The molecule has 0 radical (unpaired) electrons. The molecule has 0 spiro atoms. The van der Waals surface area contributed by atoms with Crippen LogP contribution >= 0.6 is 0 Å². The molecule has 0 N–H and O–H groups in total. The number of benzene rings is 1. The molecule has 1 saturated heterocycles. The van der Waals surface area contributed by atoms with Crippen LogP contribution in [0.25, 0.3) is 0 Å². The van der Waals surface area contributed by atoms with E-state index in [9.17, 15) is 4.79 Å². The van der Waals surface area contributed by atoms with Crippen LogP contribution in [0, 0.1) is 0 Å². The van der Waals surface area contributed by atoms with Gasteiger partial charge in [-0.15, -0.1) is 0 Å². The molecule has 124 valence electrons. The minimum Gasteiger partial charge on any atom is -1.00 e. The summed E-state index contributed by atoms with van der Waals surface area (Å²) in [5.41, 5.74) is 0.641. The van der Waals surface area contributed by atoms with Crippen molar-refractivity contribution in [3.63, 3.8) is 0 Å². The van der Waals surface area contributed by atoms with E-state index >= 15 is 0 Å². The van der Waals surface area contributed by atoms with Crippen molar-refractivity contribution in [3.05, 3.63) is 35.9 Å². The van der Waals surface area contributed by atoms with E-state index < -0.39 is 0 Å². The quantitative estimate of drug-likeness (QED) is 0.553. The Morgan fingerprint density at radius 2 is 2.09 bits per heavy atom. The van der Waals surface area contributed by atoms with Crippen molar-refractivity contribution in [2.45, 2.75) is 51.5 Å². The summed E-state index contributed by atoms with van der Waals surface area (Å²) in [4.78, 5) is 14.4. The summed E-state index contributed by atoms with van der Waals surface area (Å²) in [6.07, 6.45) is 7.30. The molecule has 0 amide bonds. The number of carbonyl (C=O) groups excluding carboxylic acids is 1. The Morgan fingerprint density at radius 3 is 2.82 bits per heavy atom. The van der Waals surface area contributed by atoms with Crippen molar-refractivity contribution in [2.24, 2.45) is 0 Å². The number of hydrogen-bond donors (Lipinski definition) is 0. The Kier molecular flexibility index (Phi) is 9.17. The zero-order valence-corrected chi connectivity index (χ0v) is 14.2. The fourth-order valence-corrected chi connectivity index (χ4v) is 3.11. The highest BCUT2D eigenvalue weighted by molar-refractivity contribution is 5.89. The fraction of sp³-hybridized carbons (Fsp3) is 0.611. The van der Waals surface area contributed by atoms with Crippen molar-refractivity contribution >= 4 is 5.97 Å². The molecule has 0 aromatic heterocycles. The molecule has 1 unspecified atom stereocenters. The average molecular weight is 326 g/mol. The standard InChI is InChI=1S/C18H27NO2.ClH/c1-2-13-19-14-7-6-11-17(19)12-8-15-21-18(20)16-9-4-3-5-10-16;/h3-5,9-10,17H,2,6-8,11-15H2,1H3;1H. The number of esters is 1. The van der Waals surface area contributed by atoms with Gasteiger partial charge in [-0.05, 0) is 57.3 Å². The smallest absolute Gasteiger partial charge is 1.00 e. The van der Waals surface area contributed by atoms with E-state index in [1.807, 2.05) is 18.2 Å². The van der Waals surface area contributed by atoms with E-state index in [0.717, 1.165) is 12.8 Å². The third-order valence-corrected chi connectivity index (χ3v) is 4.18. The molecule has 4 heteroatoms. The second-order valence-corrected chi connectivity index (χ2v) is 5.83. The molecule has 1 aliphatic rings. The number of piperidine rings is 1. The van der Waals surface area contributed by atoms with Crippen LogP contribution in [0.4, 0.5) is 0 Å². The first kappa shape index (κ1) is 19.0. The van der Waals surface area contributed by atoms with Crippen LogP contribution in [0.1, 0.15) is 57.2 Å².